The molecule has 1 saturated heterocycles. The minimum absolute atomic E-state index is 0.0343. The van der Waals surface area contributed by atoms with Crippen molar-refractivity contribution >= 4 is 17.8 Å². The SMILES string of the molecule is CCCC(=O)NCc1nc(N(C)C)nc(N2CCCC2)n1. The maximum Gasteiger partial charge on any atom is 0.230 e. The van der Waals surface area contributed by atoms with Gasteiger partial charge >= 0.3 is 0 Å². The van der Waals surface area contributed by atoms with Crippen LogP contribution >= 0.6 is 0 Å². The summed E-state index contributed by atoms with van der Waals surface area (Å²) < 4.78 is 0. The summed E-state index contributed by atoms with van der Waals surface area (Å²) in [6.07, 6.45) is 3.71. The van der Waals surface area contributed by atoms with Crippen LogP contribution in [0.1, 0.15) is 38.4 Å². The molecule has 21 heavy (non-hydrogen) atoms. The van der Waals surface area contributed by atoms with Crippen molar-refractivity contribution in [2.45, 2.75) is 39.2 Å². The molecular weight excluding hydrogens is 268 g/mol. The largest absolute Gasteiger partial charge is 0.349 e. The van der Waals surface area contributed by atoms with Crippen molar-refractivity contribution in [3.8, 4) is 0 Å². The van der Waals surface area contributed by atoms with Gasteiger partial charge in [0.1, 0.15) is 0 Å². The number of nitrogens with zero attached hydrogens (tertiary/aromatic N) is 5. The lowest BCUT2D eigenvalue weighted by Gasteiger charge is -2.18. The summed E-state index contributed by atoms with van der Waals surface area (Å²) in [5, 5.41) is 2.86. The van der Waals surface area contributed by atoms with Gasteiger partial charge in [-0.05, 0) is 19.3 Å². The topological polar surface area (TPSA) is 74.2 Å². The van der Waals surface area contributed by atoms with Crippen molar-refractivity contribution in [1.82, 2.24) is 20.3 Å². The van der Waals surface area contributed by atoms with E-state index in [2.05, 4.69) is 25.2 Å². The quantitative estimate of drug-likeness (QED) is 0.841. The van der Waals surface area contributed by atoms with Gasteiger partial charge in [-0.15, -0.1) is 0 Å². The molecule has 2 heterocycles. The van der Waals surface area contributed by atoms with Gasteiger partial charge in [-0.2, -0.15) is 15.0 Å². The van der Waals surface area contributed by atoms with Crippen molar-refractivity contribution < 1.29 is 4.79 Å². The fourth-order valence-corrected chi connectivity index (χ4v) is 2.23. The van der Waals surface area contributed by atoms with Crippen LogP contribution in [0.2, 0.25) is 0 Å². The molecule has 1 fully saturated rings. The van der Waals surface area contributed by atoms with Crippen molar-refractivity contribution in [2.24, 2.45) is 0 Å². The molecule has 0 atom stereocenters. The zero-order chi connectivity index (χ0) is 15.2. The molecule has 1 N–H and O–H groups in total. The molecule has 7 nitrogen and oxygen atoms in total. The number of hydrogen-bond acceptors (Lipinski definition) is 6. The van der Waals surface area contributed by atoms with Crippen LogP contribution < -0.4 is 15.1 Å². The van der Waals surface area contributed by atoms with E-state index in [0.717, 1.165) is 19.5 Å². The fraction of sp³-hybridized carbons (Fsp3) is 0.714. The highest BCUT2D eigenvalue weighted by molar-refractivity contribution is 5.75. The summed E-state index contributed by atoms with van der Waals surface area (Å²) in [7, 11) is 3.81. The Labute approximate surface area is 125 Å². The smallest absolute Gasteiger partial charge is 0.230 e. The van der Waals surface area contributed by atoms with Crippen LogP contribution in [0.4, 0.5) is 11.9 Å². The lowest BCUT2D eigenvalue weighted by atomic mass is 10.3. The molecule has 1 aromatic heterocycles. The van der Waals surface area contributed by atoms with Gasteiger partial charge in [0.2, 0.25) is 17.8 Å². The zero-order valence-corrected chi connectivity index (χ0v) is 13.1. The van der Waals surface area contributed by atoms with Gasteiger partial charge < -0.3 is 15.1 Å². The number of carbonyl (C=O) groups is 1. The normalized spacial score (nSPS) is 14.3. The molecule has 0 radical (unpaired) electrons. The maximum absolute atomic E-state index is 11.6. The van der Waals surface area contributed by atoms with Crippen LogP contribution in [0.25, 0.3) is 0 Å². The average Bonchev–Trinajstić information content (AvgIpc) is 2.99. The molecule has 1 aliphatic rings. The lowest BCUT2D eigenvalue weighted by Crippen LogP contribution is -2.27. The number of aromatic nitrogens is 3. The minimum Gasteiger partial charge on any atom is -0.349 e. The van der Waals surface area contributed by atoms with E-state index in [0.29, 0.717) is 30.7 Å². The molecule has 1 aliphatic heterocycles. The number of hydrogen-bond donors (Lipinski definition) is 1. The molecule has 1 amide bonds. The number of rotatable bonds is 6. The summed E-state index contributed by atoms with van der Waals surface area (Å²) in [6, 6.07) is 0. The van der Waals surface area contributed by atoms with E-state index in [1.807, 2.05) is 25.9 Å². The van der Waals surface area contributed by atoms with E-state index in [-0.39, 0.29) is 5.91 Å². The van der Waals surface area contributed by atoms with Gasteiger partial charge in [-0.25, -0.2) is 0 Å². The molecule has 0 bridgehead atoms. The summed E-state index contributed by atoms with van der Waals surface area (Å²) in [6.45, 7) is 4.30. The second-order valence-electron chi connectivity index (χ2n) is 5.47. The van der Waals surface area contributed by atoms with Gasteiger partial charge in [-0.3, -0.25) is 4.79 Å². The Morgan fingerprint density at radius 1 is 1.24 bits per heavy atom. The highest BCUT2D eigenvalue weighted by Crippen LogP contribution is 2.17. The first kappa shape index (κ1) is 15.5. The molecule has 0 spiro atoms. The van der Waals surface area contributed by atoms with Gasteiger partial charge in [0.25, 0.3) is 0 Å². The van der Waals surface area contributed by atoms with Crippen LogP contribution in [-0.4, -0.2) is 48.0 Å². The molecule has 116 valence electrons. The predicted molar refractivity (Wildman–Crippen MR) is 82.4 cm³/mol. The van der Waals surface area contributed by atoms with Crippen molar-refractivity contribution in [3.63, 3.8) is 0 Å². The lowest BCUT2D eigenvalue weighted by molar-refractivity contribution is -0.121. The molecule has 0 unspecified atom stereocenters. The molecule has 1 aromatic rings. The number of amides is 1. The Bertz CT molecular complexity index is 484. The number of anilines is 2. The third kappa shape index (κ3) is 4.27. The molecular formula is C14H24N6O. The van der Waals surface area contributed by atoms with Crippen molar-refractivity contribution in [2.75, 3.05) is 37.0 Å². The standard InChI is InChI=1S/C14H24N6O/c1-4-7-12(21)15-10-11-16-13(19(2)3)18-14(17-11)20-8-5-6-9-20/h4-10H2,1-3H3,(H,15,21). The first-order valence-corrected chi connectivity index (χ1v) is 7.54. The highest BCUT2D eigenvalue weighted by atomic mass is 16.1. The van der Waals surface area contributed by atoms with Crippen LogP contribution in [0.3, 0.4) is 0 Å². The number of carbonyl (C=O) groups excluding carboxylic acids is 1. The summed E-state index contributed by atoms with van der Waals surface area (Å²) in [5.74, 6) is 1.99. The Balaban J connectivity index is 2.13. The number of nitrogens with one attached hydrogen (secondary N) is 1. The maximum atomic E-state index is 11.6. The molecule has 0 saturated carbocycles. The Kier molecular flexibility index (Phi) is 5.30. The van der Waals surface area contributed by atoms with Gasteiger partial charge in [-0.1, -0.05) is 6.92 Å². The second-order valence-corrected chi connectivity index (χ2v) is 5.47. The summed E-state index contributed by atoms with van der Waals surface area (Å²) in [4.78, 5) is 29.0. The zero-order valence-electron chi connectivity index (χ0n) is 13.1. The third-order valence-electron chi connectivity index (χ3n) is 3.37. The summed E-state index contributed by atoms with van der Waals surface area (Å²) >= 11 is 0. The van der Waals surface area contributed by atoms with E-state index in [1.165, 1.54) is 12.8 Å². The minimum atomic E-state index is 0.0343. The van der Waals surface area contributed by atoms with E-state index < -0.39 is 0 Å². The van der Waals surface area contributed by atoms with E-state index in [1.54, 1.807) is 0 Å². The first-order valence-electron chi connectivity index (χ1n) is 7.54. The van der Waals surface area contributed by atoms with Crippen LogP contribution in [0.5, 0.6) is 0 Å². The third-order valence-corrected chi connectivity index (χ3v) is 3.37. The van der Waals surface area contributed by atoms with Crippen LogP contribution in [-0.2, 0) is 11.3 Å². The highest BCUT2D eigenvalue weighted by Gasteiger charge is 2.18. The van der Waals surface area contributed by atoms with Crippen molar-refractivity contribution in [3.05, 3.63) is 5.82 Å². The molecule has 2 rings (SSSR count). The van der Waals surface area contributed by atoms with Crippen LogP contribution in [0.15, 0.2) is 0 Å². The summed E-state index contributed by atoms with van der Waals surface area (Å²) in [5.41, 5.74) is 0. The van der Waals surface area contributed by atoms with Gasteiger partial charge in [0.15, 0.2) is 5.82 Å². The van der Waals surface area contributed by atoms with E-state index in [9.17, 15) is 4.79 Å². The Morgan fingerprint density at radius 2 is 1.95 bits per heavy atom. The van der Waals surface area contributed by atoms with Gasteiger partial charge in [0, 0.05) is 33.6 Å². The van der Waals surface area contributed by atoms with E-state index >= 15 is 0 Å². The molecule has 0 aliphatic carbocycles. The van der Waals surface area contributed by atoms with E-state index in [4.69, 9.17) is 0 Å². The van der Waals surface area contributed by atoms with Crippen molar-refractivity contribution in [1.29, 1.82) is 0 Å². The molecule has 0 aromatic carbocycles. The predicted octanol–water partition coefficient (Wildman–Crippen LogP) is 0.954. The van der Waals surface area contributed by atoms with Gasteiger partial charge in [0.05, 0.1) is 6.54 Å². The fourth-order valence-electron chi connectivity index (χ4n) is 2.23. The molecule has 7 heteroatoms. The Morgan fingerprint density at radius 3 is 2.57 bits per heavy atom. The Hall–Kier alpha value is -1.92. The second kappa shape index (κ2) is 7.19. The first-order chi connectivity index (χ1) is 10.1. The van der Waals surface area contributed by atoms with Crippen LogP contribution in [0, 0.1) is 0 Å². The monoisotopic (exact) mass is 292 g/mol. The average molecular weight is 292 g/mol.